The molecule has 0 bridgehead atoms. The Bertz CT molecular complexity index is 1300. The van der Waals surface area contributed by atoms with E-state index in [0.29, 0.717) is 5.75 Å². The van der Waals surface area contributed by atoms with Gasteiger partial charge in [0.2, 0.25) is 5.13 Å². The van der Waals surface area contributed by atoms with Gasteiger partial charge in [-0.2, -0.15) is 0 Å². The van der Waals surface area contributed by atoms with E-state index in [1.165, 1.54) is 0 Å². The highest BCUT2D eigenvalue weighted by molar-refractivity contribution is 7.98. The van der Waals surface area contributed by atoms with E-state index in [1.54, 1.807) is 23.1 Å². The molecule has 0 saturated carbocycles. The van der Waals surface area contributed by atoms with E-state index in [-0.39, 0.29) is 0 Å². The topological polar surface area (TPSA) is 55.6 Å². The number of rotatable bonds is 7. The van der Waals surface area contributed by atoms with Crippen molar-refractivity contribution < 1.29 is 0 Å². The average molecular weight is 456 g/mol. The summed E-state index contributed by atoms with van der Waals surface area (Å²) in [6.45, 7) is 0. The van der Waals surface area contributed by atoms with Crippen LogP contribution in [-0.4, -0.2) is 26.8 Å². The molecule has 1 N–H and O–H groups in total. The summed E-state index contributed by atoms with van der Waals surface area (Å²) in [5.74, 6) is 0.700. The average Bonchev–Trinajstić information content (AvgIpc) is 3.49. The van der Waals surface area contributed by atoms with Crippen LogP contribution in [-0.2, 0) is 5.75 Å². The van der Waals surface area contributed by atoms with Gasteiger partial charge in [0.05, 0.1) is 17.1 Å². The molecule has 5 rings (SSSR count). The van der Waals surface area contributed by atoms with Gasteiger partial charge in [-0.15, -0.1) is 10.2 Å². The molecule has 7 heteroatoms. The van der Waals surface area contributed by atoms with Gasteiger partial charge >= 0.3 is 0 Å². The maximum Gasteiger partial charge on any atom is 0.205 e. The lowest BCUT2D eigenvalue weighted by Crippen LogP contribution is -1.99. The van der Waals surface area contributed by atoms with E-state index in [9.17, 15) is 0 Å². The third kappa shape index (κ3) is 4.17. The van der Waals surface area contributed by atoms with Crippen LogP contribution in [0.25, 0.3) is 28.2 Å². The predicted molar refractivity (Wildman–Crippen MR) is 133 cm³/mol. The minimum Gasteiger partial charge on any atom is -0.363 e. The fourth-order valence-electron chi connectivity index (χ4n) is 3.51. The molecule has 0 saturated heterocycles. The van der Waals surface area contributed by atoms with E-state index in [2.05, 4.69) is 92.9 Å². The highest BCUT2D eigenvalue weighted by Gasteiger charge is 2.22. The second-order valence-electron chi connectivity index (χ2n) is 7.03. The van der Waals surface area contributed by atoms with Crippen LogP contribution in [0.4, 0.5) is 5.13 Å². The summed E-state index contributed by atoms with van der Waals surface area (Å²) in [6, 6.07) is 31.2. The van der Waals surface area contributed by atoms with E-state index < -0.39 is 0 Å². The Morgan fingerprint density at radius 3 is 2.06 bits per heavy atom. The highest BCUT2D eigenvalue weighted by Crippen LogP contribution is 2.39. The van der Waals surface area contributed by atoms with Crippen molar-refractivity contribution in [2.45, 2.75) is 10.9 Å². The molecule has 32 heavy (non-hydrogen) atoms. The van der Waals surface area contributed by atoms with Crippen molar-refractivity contribution in [3.05, 3.63) is 96.0 Å². The first kappa shape index (κ1) is 20.5. The van der Waals surface area contributed by atoms with Crippen molar-refractivity contribution in [3.63, 3.8) is 0 Å². The minimum absolute atomic E-state index is 0.700. The number of para-hydroxylation sites is 1. The Morgan fingerprint density at radius 2 is 1.44 bits per heavy atom. The number of benzene rings is 3. The number of nitrogens with zero attached hydrogens (tertiary/aromatic N) is 4. The van der Waals surface area contributed by atoms with Crippen LogP contribution < -0.4 is 5.32 Å². The fraction of sp³-hybridized carbons (Fsp3) is 0.0800. The van der Waals surface area contributed by atoms with Gasteiger partial charge in [0.1, 0.15) is 5.01 Å². The molecule has 2 heterocycles. The maximum absolute atomic E-state index is 5.14. The largest absolute Gasteiger partial charge is 0.363 e. The SMILES string of the molecule is CNc1nnc(CSc2nc(-c3ccccc3)c(-c3ccccc3)n2-c2ccccc2)s1. The second kappa shape index (κ2) is 9.38. The molecule has 0 atom stereocenters. The first-order valence-electron chi connectivity index (χ1n) is 10.3. The van der Waals surface area contributed by atoms with E-state index in [0.717, 1.165) is 43.5 Å². The zero-order valence-electron chi connectivity index (χ0n) is 17.5. The third-order valence-corrected chi connectivity index (χ3v) is 7.03. The minimum atomic E-state index is 0.700. The number of anilines is 1. The molecule has 0 radical (unpaired) electrons. The zero-order valence-corrected chi connectivity index (χ0v) is 19.1. The Morgan fingerprint density at radius 1 is 0.812 bits per heavy atom. The quantitative estimate of drug-likeness (QED) is 0.288. The monoisotopic (exact) mass is 455 g/mol. The Labute approximate surface area is 195 Å². The van der Waals surface area contributed by atoms with E-state index in [1.807, 2.05) is 25.2 Å². The molecule has 0 aliphatic rings. The molecule has 0 unspecified atom stereocenters. The molecule has 2 aromatic heterocycles. The summed E-state index contributed by atoms with van der Waals surface area (Å²) in [5, 5.41) is 14.2. The number of thioether (sulfide) groups is 1. The molecule has 0 fully saturated rings. The molecular formula is C25H21N5S2. The highest BCUT2D eigenvalue weighted by atomic mass is 32.2. The summed E-state index contributed by atoms with van der Waals surface area (Å²) in [7, 11) is 1.86. The molecule has 0 aliphatic carbocycles. The Hall–Kier alpha value is -3.42. The van der Waals surface area contributed by atoms with Gasteiger partial charge in [0, 0.05) is 23.9 Å². The molecular weight excluding hydrogens is 434 g/mol. The Kier molecular flexibility index (Phi) is 6.00. The van der Waals surface area contributed by atoms with Crippen LogP contribution in [0.1, 0.15) is 5.01 Å². The summed E-state index contributed by atoms with van der Waals surface area (Å²) in [6.07, 6.45) is 0. The fourth-order valence-corrected chi connectivity index (χ4v) is 5.20. The number of nitrogens with one attached hydrogen (secondary N) is 1. The van der Waals surface area contributed by atoms with Gasteiger partial charge in [-0.3, -0.25) is 4.57 Å². The first-order chi connectivity index (χ1) is 15.8. The van der Waals surface area contributed by atoms with Crippen molar-refractivity contribution in [1.29, 1.82) is 0 Å². The molecule has 3 aromatic carbocycles. The van der Waals surface area contributed by atoms with Crippen LogP contribution >= 0.6 is 23.1 Å². The number of hydrogen-bond donors (Lipinski definition) is 1. The third-order valence-electron chi connectivity index (χ3n) is 4.96. The number of aromatic nitrogens is 4. The summed E-state index contributed by atoms with van der Waals surface area (Å²) in [4.78, 5) is 5.14. The van der Waals surface area contributed by atoms with Gasteiger partial charge in [0.15, 0.2) is 5.16 Å². The number of imidazole rings is 1. The maximum atomic E-state index is 5.14. The molecule has 5 aromatic rings. The van der Waals surface area contributed by atoms with Crippen molar-refractivity contribution in [2.24, 2.45) is 0 Å². The van der Waals surface area contributed by atoms with Crippen molar-refractivity contribution in [2.75, 3.05) is 12.4 Å². The van der Waals surface area contributed by atoms with E-state index >= 15 is 0 Å². The molecule has 0 spiro atoms. The van der Waals surface area contributed by atoms with Crippen LogP contribution in [0.2, 0.25) is 0 Å². The number of hydrogen-bond acceptors (Lipinski definition) is 6. The second-order valence-corrected chi connectivity index (χ2v) is 9.04. The van der Waals surface area contributed by atoms with Crippen LogP contribution in [0, 0.1) is 0 Å². The van der Waals surface area contributed by atoms with Gasteiger partial charge < -0.3 is 5.32 Å². The predicted octanol–water partition coefficient (Wildman–Crippen LogP) is 6.39. The molecule has 0 amide bonds. The molecule has 5 nitrogen and oxygen atoms in total. The summed E-state index contributed by atoms with van der Waals surface area (Å²) in [5.41, 5.74) is 5.35. The summed E-state index contributed by atoms with van der Waals surface area (Å²) < 4.78 is 2.25. The van der Waals surface area contributed by atoms with Crippen molar-refractivity contribution >= 4 is 28.2 Å². The van der Waals surface area contributed by atoms with Crippen molar-refractivity contribution in [3.8, 4) is 28.2 Å². The van der Waals surface area contributed by atoms with Crippen molar-refractivity contribution in [1.82, 2.24) is 19.7 Å². The van der Waals surface area contributed by atoms with Crippen LogP contribution in [0.5, 0.6) is 0 Å². The lowest BCUT2D eigenvalue weighted by molar-refractivity contribution is 0.899. The molecule has 158 valence electrons. The Balaban J connectivity index is 1.67. The van der Waals surface area contributed by atoms with Gasteiger partial charge in [-0.05, 0) is 12.1 Å². The first-order valence-corrected chi connectivity index (χ1v) is 12.1. The van der Waals surface area contributed by atoms with Gasteiger partial charge in [-0.1, -0.05) is 102 Å². The standard InChI is InChI=1S/C25H21N5S2/c1-26-24-29-28-21(32-24)17-31-25-27-22(18-11-5-2-6-12-18)23(19-13-7-3-8-14-19)30(25)20-15-9-4-10-16-20/h2-16H,17H2,1H3,(H,26,29). The smallest absolute Gasteiger partial charge is 0.205 e. The van der Waals surface area contributed by atoms with Gasteiger partial charge in [-0.25, -0.2) is 4.98 Å². The zero-order chi connectivity index (χ0) is 21.8. The lowest BCUT2D eigenvalue weighted by atomic mass is 10.0. The normalized spacial score (nSPS) is 10.9. The van der Waals surface area contributed by atoms with Crippen LogP contribution in [0.3, 0.4) is 0 Å². The van der Waals surface area contributed by atoms with Crippen LogP contribution in [0.15, 0.2) is 96.2 Å². The lowest BCUT2D eigenvalue weighted by Gasteiger charge is -2.13. The molecule has 0 aliphatic heterocycles. The summed E-state index contributed by atoms with van der Waals surface area (Å²) >= 11 is 3.24. The van der Waals surface area contributed by atoms with E-state index in [4.69, 9.17) is 4.98 Å². The van der Waals surface area contributed by atoms with Gasteiger partial charge in [0.25, 0.3) is 0 Å².